The first-order valence-electron chi connectivity index (χ1n) is 8.98. The van der Waals surface area contributed by atoms with E-state index in [-0.39, 0.29) is 40.7 Å². The number of ether oxygens (including phenoxy) is 1. The number of aromatic nitrogens is 1. The second-order valence-corrected chi connectivity index (χ2v) is 8.72. The van der Waals surface area contributed by atoms with Crippen LogP contribution in [0.4, 0.5) is 17.6 Å². The SMILES string of the molecule is CC(=O)OCCCCC(F)(F)C(F)(F)S(=O)(=O)On1c(O)c2c(c1O)C1C=CC2C1. The molecule has 1 aromatic rings. The number of halogens is 4. The summed E-state index contributed by atoms with van der Waals surface area (Å²) in [5, 5.41) is 14.6. The van der Waals surface area contributed by atoms with Gasteiger partial charge in [0.25, 0.3) is 0 Å². The smallest absolute Gasteiger partial charge is 0.444 e. The van der Waals surface area contributed by atoms with Crippen molar-refractivity contribution in [1.29, 1.82) is 0 Å². The van der Waals surface area contributed by atoms with Gasteiger partial charge in [-0.05, 0) is 19.3 Å². The third kappa shape index (κ3) is 3.48. The van der Waals surface area contributed by atoms with Gasteiger partial charge in [-0.3, -0.25) is 9.08 Å². The van der Waals surface area contributed by atoms with Crippen molar-refractivity contribution in [3.8, 4) is 11.8 Å². The van der Waals surface area contributed by atoms with Crippen molar-refractivity contribution in [1.82, 2.24) is 4.73 Å². The molecule has 1 aromatic heterocycles. The van der Waals surface area contributed by atoms with Crippen LogP contribution in [0.25, 0.3) is 0 Å². The number of esters is 1. The fraction of sp³-hybridized carbons (Fsp3) is 0.588. The van der Waals surface area contributed by atoms with Gasteiger partial charge in [0.05, 0.1) is 6.61 Å². The average molecular weight is 457 g/mol. The van der Waals surface area contributed by atoms with Gasteiger partial charge in [-0.2, -0.15) is 26.0 Å². The van der Waals surface area contributed by atoms with E-state index in [1.807, 2.05) is 0 Å². The van der Waals surface area contributed by atoms with E-state index in [1.54, 1.807) is 12.2 Å². The van der Waals surface area contributed by atoms with Crippen molar-refractivity contribution in [2.75, 3.05) is 6.61 Å². The Kier molecular flexibility index (Phi) is 5.46. The van der Waals surface area contributed by atoms with Crippen molar-refractivity contribution in [3.05, 3.63) is 23.3 Å². The van der Waals surface area contributed by atoms with Crippen molar-refractivity contribution in [3.63, 3.8) is 0 Å². The summed E-state index contributed by atoms with van der Waals surface area (Å²) < 4.78 is 88.8. The number of fused-ring (bicyclic) bond motifs is 5. The molecule has 0 aromatic carbocycles. The Balaban J connectivity index is 1.76. The van der Waals surface area contributed by atoms with E-state index in [1.165, 1.54) is 0 Å². The quantitative estimate of drug-likeness (QED) is 0.254. The summed E-state index contributed by atoms with van der Waals surface area (Å²) in [7, 11) is -6.32. The van der Waals surface area contributed by atoms with Gasteiger partial charge in [0.15, 0.2) is 0 Å². The Bertz CT molecular complexity index is 951. The van der Waals surface area contributed by atoms with E-state index in [0.29, 0.717) is 6.42 Å². The van der Waals surface area contributed by atoms with Gasteiger partial charge in [-0.25, -0.2) is 0 Å². The molecule has 0 fully saturated rings. The van der Waals surface area contributed by atoms with E-state index in [2.05, 4.69) is 9.02 Å². The highest BCUT2D eigenvalue weighted by atomic mass is 32.2. The molecule has 0 spiro atoms. The maximum absolute atomic E-state index is 14.2. The fourth-order valence-corrected chi connectivity index (χ4v) is 4.53. The molecule has 0 amide bonds. The van der Waals surface area contributed by atoms with Crippen molar-refractivity contribution < 1.29 is 50.0 Å². The molecule has 1 heterocycles. The Morgan fingerprint density at radius 3 is 2.17 bits per heavy atom. The Morgan fingerprint density at radius 2 is 1.67 bits per heavy atom. The molecule has 30 heavy (non-hydrogen) atoms. The number of hydrogen-bond acceptors (Lipinski definition) is 7. The molecule has 13 heteroatoms. The van der Waals surface area contributed by atoms with E-state index in [0.717, 1.165) is 6.92 Å². The molecule has 2 unspecified atom stereocenters. The number of allylic oxidation sites excluding steroid dienone is 2. The number of aromatic hydroxyl groups is 2. The average Bonchev–Trinajstić information content (AvgIpc) is 3.31. The van der Waals surface area contributed by atoms with E-state index in [9.17, 15) is 41.0 Å². The second-order valence-electron chi connectivity index (χ2n) is 7.15. The zero-order chi connectivity index (χ0) is 22.5. The molecular formula is C17H19F4NO7S. The normalized spacial score (nSPS) is 20.4. The highest BCUT2D eigenvalue weighted by molar-refractivity contribution is 7.88. The third-order valence-corrected chi connectivity index (χ3v) is 6.36. The summed E-state index contributed by atoms with van der Waals surface area (Å²) in [6.45, 7) is 0.795. The zero-order valence-electron chi connectivity index (χ0n) is 15.6. The lowest BCUT2D eigenvalue weighted by Crippen LogP contribution is -2.50. The number of hydrogen-bond donors (Lipinski definition) is 2. The molecule has 0 radical (unpaired) electrons. The topological polar surface area (TPSA) is 115 Å². The molecule has 0 aliphatic heterocycles. The summed E-state index contributed by atoms with van der Waals surface area (Å²) in [6, 6.07) is 0. The monoisotopic (exact) mass is 457 g/mol. The number of nitrogens with zero attached hydrogens (tertiary/aromatic N) is 1. The Labute approximate surface area is 168 Å². The highest BCUT2D eigenvalue weighted by Gasteiger charge is 2.67. The van der Waals surface area contributed by atoms with Crippen LogP contribution in [0.5, 0.6) is 11.8 Å². The minimum atomic E-state index is -6.32. The summed E-state index contributed by atoms with van der Waals surface area (Å²) in [5.74, 6) is -8.33. The van der Waals surface area contributed by atoms with Crippen LogP contribution in [0.1, 0.15) is 55.6 Å². The van der Waals surface area contributed by atoms with Crippen LogP contribution in [0.2, 0.25) is 0 Å². The molecule has 2 bridgehead atoms. The Hall–Kier alpha value is -2.44. The van der Waals surface area contributed by atoms with Crippen LogP contribution >= 0.6 is 0 Å². The molecule has 0 saturated carbocycles. The van der Waals surface area contributed by atoms with Gasteiger partial charge < -0.3 is 14.9 Å². The lowest BCUT2D eigenvalue weighted by Gasteiger charge is -2.25. The largest absolute Gasteiger partial charge is 0.492 e. The first-order chi connectivity index (χ1) is 13.8. The second kappa shape index (κ2) is 7.36. The van der Waals surface area contributed by atoms with Crippen LogP contribution in [0.3, 0.4) is 0 Å². The molecule has 3 rings (SSSR count). The molecule has 8 nitrogen and oxygen atoms in total. The summed E-state index contributed by atoms with van der Waals surface area (Å²) >= 11 is 0. The summed E-state index contributed by atoms with van der Waals surface area (Å²) in [6.07, 6.45) is 1.59. The van der Waals surface area contributed by atoms with Crippen LogP contribution in [0.15, 0.2) is 12.2 Å². The van der Waals surface area contributed by atoms with Crippen molar-refractivity contribution >= 4 is 16.1 Å². The predicted molar refractivity (Wildman–Crippen MR) is 92.9 cm³/mol. The number of carbonyl (C=O) groups excluding carboxylic acids is 1. The van der Waals surface area contributed by atoms with Gasteiger partial charge >= 0.3 is 27.3 Å². The predicted octanol–water partition coefficient (Wildman–Crippen LogP) is 2.76. The van der Waals surface area contributed by atoms with Crippen molar-refractivity contribution in [2.45, 2.75) is 55.6 Å². The highest BCUT2D eigenvalue weighted by Crippen LogP contribution is 2.56. The number of unbranched alkanes of at least 4 members (excludes halogenated alkanes) is 1. The summed E-state index contributed by atoms with van der Waals surface area (Å²) in [5.41, 5.74) is 0.214. The molecule has 2 aliphatic rings. The van der Waals surface area contributed by atoms with Crippen molar-refractivity contribution in [2.24, 2.45) is 0 Å². The fourth-order valence-electron chi connectivity index (χ4n) is 3.63. The lowest BCUT2D eigenvalue weighted by molar-refractivity contribution is -0.166. The zero-order valence-corrected chi connectivity index (χ0v) is 16.5. The van der Waals surface area contributed by atoms with E-state index in [4.69, 9.17) is 0 Å². The van der Waals surface area contributed by atoms with Gasteiger partial charge in [-0.15, -0.1) is 0 Å². The first kappa shape index (κ1) is 22.2. The number of rotatable bonds is 9. The first-order valence-corrected chi connectivity index (χ1v) is 10.4. The molecule has 2 atom stereocenters. The van der Waals surface area contributed by atoms with Crippen LogP contribution in [-0.4, -0.2) is 47.1 Å². The minimum Gasteiger partial charge on any atom is -0.492 e. The Morgan fingerprint density at radius 1 is 1.13 bits per heavy atom. The summed E-state index contributed by atoms with van der Waals surface area (Å²) in [4.78, 5) is 10.6. The standard InChI is InChI=1S/C17H19F4NO7S/c1-9(23)28-7-3-2-6-16(18,19)17(20,21)30(26,27)29-22-14(24)12-10-4-5-11(8-10)13(12)15(22)25/h4-5,10-11,24-25H,2-3,6-8H2,1H3. The molecular weight excluding hydrogens is 438 g/mol. The van der Waals surface area contributed by atoms with Gasteiger partial charge in [0.2, 0.25) is 11.8 Å². The number of carbonyl (C=O) groups is 1. The molecule has 2 aliphatic carbocycles. The van der Waals surface area contributed by atoms with Crippen LogP contribution in [0, 0.1) is 0 Å². The van der Waals surface area contributed by atoms with Gasteiger partial charge in [0.1, 0.15) is 0 Å². The maximum Gasteiger partial charge on any atom is 0.444 e. The molecule has 2 N–H and O–H groups in total. The van der Waals surface area contributed by atoms with Gasteiger partial charge in [-0.1, -0.05) is 16.9 Å². The van der Waals surface area contributed by atoms with Crippen LogP contribution < -0.4 is 4.28 Å². The lowest BCUT2D eigenvalue weighted by atomic mass is 10.0. The van der Waals surface area contributed by atoms with E-state index < -0.39 is 51.9 Å². The number of alkyl halides is 4. The molecule has 0 saturated heterocycles. The maximum atomic E-state index is 14.2. The van der Waals surface area contributed by atoms with E-state index >= 15 is 0 Å². The third-order valence-electron chi connectivity index (χ3n) is 5.08. The van der Waals surface area contributed by atoms with Crippen LogP contribution in [-0.2, 0) is 19.6 Å². The van der Waals surface area contributed by atoms with Gasteiger partial charge in [0, 0.05) is 36.3 Å². The minimum absolute atomic E-state index is 0.107. The molecule has 168 valence electrons.